The van der Waals surface area contributed by atoms with Crippen LogP contribution in [-0.4, -0.2) is 29.3 Å². The predicted octanol–water partition coefficient (Wildman–Crippen LogP) is 3.82. The van der Waals surface area contributed by atoms with Crippen molar-refractivity contribution in [3.05, 3.63) is 64.7 Å². The number of aromatic hydroxyl groups is 1. The number of ether oxygens (including phenoxy) is 2. The van der Waals surface area contributed by atoms with E-state index in [-0.39, 0.29) is 18.1 Å². The molecule has 148 valence electrons. The fourth-order valence-corrected chi connectivity index (χ4v) is 2.94. The quantitative estimate of drug-likeness (QED) is 0.511. The molecular weight excluding hydrogens is 376 g/mol. The average Bonchev–Trinajstić information content (AvgIpc) is 3.41. The molecule has 0 bridgehead atoms. The van der Waals surface area contributed by atoms with E-state index in [9.17, 15) is 9.90 Å². The van der Waals surface area contributed by atoms with Crippen LogP contribution in [0.4, 0.5) is 0 Å². The minimum absolute atomic E-state index is 0.0272. The van der Waals surface area contributed by atoms with E-state index in [0.717, 1.165) is 5.56 Å². The molecule has 0 aliphatic carbocycles. The van der Waals surface area contributed by atoms with Crippen molar-refractivity contribution in [1.29, 1.82) is 0 Å². The molecule has 0 saturated heterocycles. The van der Waals surface area contributed by atoms with E-state index in [4.69, 9.17) is 18.3 Å². The highest BCUT2D eigenvalue weighted by Crippen LogP contribution is 2.37. The highest BCUT2D eigenvalue weighted by Gasteiger charge is 2.23. The van der Waals surface area contributed by atoms with Crippen LogP contribution in [0.2, 0.25) is 0 Å². The first-order valence-corrected chi connectivity index (χ1v) is 8.74. The molecule has 0 spiro atoms. The van der Waals surface area contributed by atoms with Crippen LogP contribution in [0.1, 0.15) is 5.76 Å². The molecule has 0 radical (unpaired) electrons. The number of imidazole rings is 1. The summed E-state index contributed by atoms with van der Waals surface area (Å²) in [7, 11) is 3.07. The molecule has 2 N–H and O–H groups in total. The summed E-state index contributed by atoms with van der Waals surface area (Å²) in [6, 6.07) is 11.9. The van der Waals surface area contributed by atoms with Gasteiger partial charge in [0, 0.05) is 18.7 Å². The molecule has 0 atom stereocenters. The van der Waals surface area contributed by atoms with Gasteiger partial charge in [-0.05, 0) is 36.4 Å². The van der Waals surface area contributed by atoms with Crippen molar-refractivity contribution in [3.63, 3.8) is 0 Å². The van der Waals surface area contributed by atoms with Gasteiger partial charge in [0.1, 0.15) is 29.5 Å². The van der Waals surface area contributed by atoms with Gasteiger partial charge in [-0.3, -0.25) is 4.79 Å². The Bertz CT molecular complexity index is 1170. The van der Waals surface area contributed by atoms with Gasteiger partial charge in [0.05, 0.1) is 13.4 Å². The van der Waals surface area contributed by atoms with Crippen molar-refractivity contribution < 1.29 is 23.4 Å². The normalized spacial score (nSPS) is 11.0. The van der Waals surface area contributed by atoms with E-state index in [1.807, 2.05) is 12.1 Å². The molecule has 3 aromatic heterocycles. The van der Waals surface area contributed by atoms with Crippen molar-refractivity contribution in [2.75, 3.05) is 14.2 Å². The summed E-state index contributed by atoms with van der Waals surface area (Å²) in [5, 5.41) is 10.4. The maximum Gasteiger partial charge on any atom is 0.227 e. The van der Waals surface area contributed by atoms with Crippen LogP contribution >= 0.6 is 0 Å². The van der Waals surface area contributed by atoms with Crippen LogP contribution in [0.5, 0.6) is 11.5 Å². The first-order valence-electron chi connectivity index (χ1n) is 8.74. The summed E-state index contributed by atoms with van der Waals surface area (Å²) >= 11 is 0. The van der Waals surface area contributed by atoms with Gasteiger partial charge in [-0.1, -0.05) is 0 Å². The third kappa shape index (κ3) is 3.53. The van der Waals surface area contributed by atoms with Crippen molar-refractivity contribution in [2.24, 2.45) is 0 Å². The smallest absolute Gasteiger partial charge is 0.227 e. The number of nitrogens with one attached hydrogen (secondary N) is 1. The van der Waals surface area contributed by atoms with Crippen LogP contribution in [0.15, 0.2) is 62.4 Å². The third-order valence-corrected chi connectivity index (χ3v) is 4.31. The minimum Gasteiger partial charge on any atom is -0.501 e. The van der Waals surface area contributed by atoms with E-state index in [2.05, 4.69) is 9.97 Å². The minimum atomic E-state index is -0.576. The van der Waals surface area contributed by atoms with E-state index in [0.29, 0.717) is 28.7 Å². The second kappa shape index (κ2) is 7.69. The molecule has 0 aliphatic heterocycles. The van der Waals surface area contributed by atoms with Gasteiger partial charge in [-0.2, -0.15) is 0 Å². The average molecular weight is 394 g/mol. The molecule has 8 heteroatoms. The topological polar surface area (TPSA) is 111 Å². The molecule has 0 unspecified atom stereocenters. The summed E-state index contributed by atoms with van der Waals surface area (Å²) < 4.78 is 21.4. The SMILES string of the molecule is COCc1cc(=O)c(O)c(-c2[nH]c(-c3ccco3)nc2-c2ccc(OC)cc2)o1. The maximum atomic E-state index is 12.2. The van der Waals surface area contributed by atoms with Crippen molar-refractivity contribution in [1.82, 2.24) is 9.97 Å². The summed E-state index contributed by atoms with van der Waals surface area (Å²) in [5.74, 6) is 1.35. The number of furan rings is 1. The van der Waals surface area contributed by atoms with Gasteiger partial charge in [-0.15, -0.1) is 0 Å². The summed E-state index contributed by atoms with van der Waals surface area (Å²) in [6.45, 7) is 0.0829. The summed E-state index contributed by atoms with van der Waals surface area (Å²) in [5.41, 5.74) is 0.975. The number of aromatic amines is 1. The standard InChI is InChI=1S/C21H18N2O6/c1-26-11-14-10-15(24)19(25)20(29-14)18-17(12-5-7-13(27-2)8-6-12)22-21(23-18)16-4-3-9-28-16/h3-10,25H,11H2,1-2H3,(H,22,23). The molecule has 0 fully saturated rings. The Balaban J connectivity index is 1.93. The molecular formula is C21H18N2O6. The number of hydrogen-bond acceptors (Lipinski definition) is 7. The molecule has 0 aliphatic rings. The van der Waals surface area contributed by atoms with Crippen LogP contribution in [0, 0.1) is 0 Å². The Morgan fingerprint density at radius 3 is 2.62 bits per heavy atom. The first kappa shape index (κ1) is 18.6. The number of nitrogens with zero attached hydrogens (tertiary/aromatic N) is 1. The Hall–Kier alpha value is -3.78. The molecule has 29 heavy (non-hydrogen) atoms. The zero-order chi connectivity index (χ0) is 20.4. The van der Waals surface area contributed by atoms with Crippen LogP contribution < -0.4 is 10.2 Å². The van der Waals surface area contributed by atoms with Crippen LogP contribution in [0.3, 0.4) is 0 Å². The molecule has 0 saturated carbocycles. The summed E-state index contributed by atoms with van der Waals surface area (Å²) in [6.07, 6.45) is 1.53. The predicted molar refractivity (Wildman–Crippen MR) is 105 cm³/mol. The highest BCUT2D eigenvalue weighted by atomic mass is 16.5. The number of benzene rings is 1. The lowest BCUT2D eigenvalue weighted by atomic mass is 10.1. The van der Waals surface area contributed by atoms with Gasteiger partial charge in [0.2, 0.25) is 11.2 Å². The second-order valence-electron chi connectivity index (χ2n) is 6.20. The van der Waals surface area contributed by atoms with Crippen LogP contribution in [-0.2, 0) is 11.3 Å². The third-order valence-electron chi connectivity index (χ3n) is 4.31. The number of H-pyrrole nitrogens is 1. The molecule has 3 heterocycles. The molecule has 4 aromatic rings. The Morgan fingerprint density at radius 1 is 1.17 bits per heavy atom. The van der Waals surface area contributed by atoms with E-state index < -0.39 is 11.2 Å². The lowest BCUT2D eigenvalue weighted by molar-refractivity contribution is 0.162. The van der Waals surface area contributed by atoms with Crippen molar-refractivity contribution >= 4 is 0 Å². The van der Waals surface area contributed by atoms with E-state index in [1.54, 1.807) is 31.4 Å². The Morgan fingerprint density at radius 2 is 1.97 bits per heavy atom. The molecule has 1 aromatic carbocycles. The van der Waals surface area contributed by atoms with Gasteiger partial charge < -0.3 is 28.4 Å². The lowest BCUT2D eigenvalue weighted by Crippen LogP contribution is -2.04. The maximum absolute atomic E-state index is 12.2. The Labute approximate surface area is 165 Å². The fourth-order valence-electron chi connectivity index (χ4n) is 2.94. The molecule has 0 amide bonds. The largest absolute Gasteiger partial charge is 0.501 e. The number of aromatic nitrogens is 2. The summed E-state index contributed by atoms with van der Waals surface area (Å²) in [4.78, 5) is 19.9. The van der Waals surface area contributed by atoms with Crippen LogP contribution in [0.25, 0.3) is 34.3 Å². The number of hydrogen-bond donors (Lipinski definition) is 2. The fraction of sp³-hybridized carbons (Fsp3) is 0.143. The molecule has 8 nitrogen and oxygen atoms in total. The van der Waals surface area contributed by atoms with Gasteiger partial charge in [0.15, 0.2) is 17.3 Å². The van der Waals surface area contributed by atoms with Gasteiger partial charge in [0.25, 0.3) is 0 Å². The second-order valence-corrected chi connectivity index (χ2v) is 6.20. The monoisotopic (exact) mass is 394 g/mol. The zero-order valence-electron chi connectivity index (χ0n) is 15.8. The lowest BCUT2D eigenvalue weighted by Gasteiger charge is -2.07. The number of rotatable bonds is 6. The van der Waals surface area contributed by atoms with Gasteiger partial charge >= 0.3 is 0 Å². The van der Waals surface area contributed by atoms with E-state index in [1.165, 1.54) is 19.4 Å². The zero-order valence-corrected chi connectivity index (χ0v) is 15.8. The highest BCUT2D eigenvalue weighted by molar-refractivity contribution is 5.80. The molecule has 4 rings (SSSR count). The first-order chi connectivity index (χ1) is 14.1. The van der Waals surface area contributed by atoms with Crippen molar-refractivity contribution in [2.45, 2.75) is 6.61 Å². The van der Waals surface area contributed by atoms with E-state index >= 15 is 0 Å². The Kier molecular flexibility index (Phi) is 4.92. The van der Waals surface area contributed by atoms with Crippen molar-refractivity contribution in [3.8, 4) is 45.8 Å². The van der Waals surface area contributed by atoms with Gasteiger partial charge in [-0.25, -0.2) is 4.98 Å². The number of methoxy groups -OCH3 is 2.